The fraction of sp³-hybridized carbons (Fsp3) is 0.957. The lowest BCUT2D eigenvalue weighted by atomic mass is 9.98. The number of nitrogens with one attached hydrogen (secondary N) is 1. The smallest absolute Gasteiger partial charge is 0.220 e. The lowest BCUT2D eigenvalue weighted by Gasteiger charge is -2.17. The molecule has 0 rings (SSSR count). The van der Waals surface area contributed by atoms with Crippen molar-refractivity contribution in [2.75, 3.05) is 47.3 Å². The van der Waals surface area contributed by atoms with E-state index in [2.05, 4.69) is 50.1 Å². The first-order chi connectivity index (χ1) is 13.0. The van der Waals surface area contributed by atoms with E-state index in [-0.39, 0.29) is 5.91 Å². The molecule has 0 aliphatic rings. The predicted octanol–water partition coefficient (Wildman–Crippen LogP) is 4.93. The number of unbranched alkanes of at least 4 members (excludes halogenated alkanes) is 7. The molecule has 0 saturated carbocycles. The van der Waals surface area contributed by atoms with Gasteiger partial charge < -0.3 is 15.1 Å². The molecule has 1 atom stereocenters. The van der Waals surface area contributed by atoms with Crippen LogP contribution < -0.4 is 5.32 Å². The van der Waals surface area contributed by atoms with Crippen LogP contribution in [0.3, 0.4) is 0 Å². The van der Waals surface area contributed by atoms with Crippen LogP contribution in [0.25, 0.3) is 0 Å². The van der Waals surface area contributed by atoms with Crippen LogP contribution in [-0.2, 0) is 4.79 Å². The Morgan fingerprint density at radius 3 is 2.07 bits per heavy atom. The average Bonchev–Trinajstić information content (AvgIpc) is 2.61. The second-order valence-electron chi connectivity index (χ2n) is 8.74. The molecule has 0 aliphatic carbocycles. The molecule has 4 nitrogen and oxygen atoms in total. The summed E-state index contributed by atoms with van der Waals surface area (Å²) in [5.74, 6) is 0.749. The van der Waals surface area contributed by atoms with E-state index in [9.17, 15) is 4.79 Å². The molecule has 0 aromatic carbocycles. The summed E-state index contributed by atoms with van der Waals surface area (Å²) in [4.78, 5) is 16.7. The van der Waals surface area contributed by atoms with Gasteiger partial charge in [-0.15, -0.1) is 0 Å². The quantitative estimate of drug-likeness (QED) is 0.321. The van der Waals surface area contributed by atoms with E-state index in [1.165, 1.54) is 70.8 Å². The Bertz CT molecular complexity index is 334. The first-order valence-corrected chi connectivity index (χ1v) is 11.6. The second-order valence-corrected chi connectivity index (χ2v) is 8.74. The standard InChI is InChI=1S/C23H49N3O/c1-6-7-8-9-10-11-12-16-22(2)21-23(27)24-17-15-20-26(5)19-14-13-18-25(3)4/h22H,6-21H2,1-5H3,(H,24,27)/t22-/m0/s1. The van der Waals surface area contributed by atoms with Gasteiger partial charge in [0.2, 0.25) is 5.91 Å². The first kappa shape index (κ1) is 26.4. The highest BCUT2D eigenvalue weighted by Crippen LogP contribution is 2.15. The molecule has 0 fully saturated rings. The van der Waals surface area contributed by atoms with E-state index in [1.807, 2.05) is 0 Å². The summed E-state index contributed by atoms with van der Waals surface area (Å²) >= 11 is 0. The van der Waals surface area contributed by atoms with Gasteiger partial charge in [0.1, 0.15) is 0 Å². The van der Waals surface area contributed by atoms with E-state index in [0.29, 0.717) is 12.3 Å². The fourth-order valence-corrected chi connectivity index (χ4v) is 3.44. The van der Waals surface area contributed by atoms with Crippen molar-refractivity contribution in [3.8, 4) is 0 Å². The van der Waals surface area contributed by atoms with Crippen LogP contribution in [0.2, 0.25) is 0 Å². The Morgan fingerprint density at radius 2 is 1.41 bits per heavy atom. The maximum atomic E-state index is 12.1. The third-order valence-electron chi connectivity index (χ3n) is 5.27. The molecule has 4 heteroatoms. The third-order valence-corrected chi connectivity index (χ3v) is 5.27. The summed E-state index contributed by atoms with van der Waals surface area (Å²) in [5, 5.41) is 3.10. The number of hydrogen-bond donors (Lipinski definition) is 1. The Balaban J connectivity index is 3.48. The SMILES string of the molecule is CCCCCCCCC[C@H](C)CC(=O)NCCCN(C)CCCCN(C)C. The normalized spacial score (nSPS) is 12.7. The molecule has 0 saturated heterocycles. The molecule has 27 heavy (non-hydrogen) atoms. The van der Waals surface area contributed by atoms with Crippen LogP contribution >= 0.6 is 0 Å². The number of carbonyl (C=O) groups excluding carboxylic acids is 1. The molecule has 0 aromatic heterocycles. The van der Waals surface area contributed by atoms with Gasteiger partial charge in [-0.3, -0.25) is 4.79 Å². The highest BCUT2D eigenvalue weighted by atomic mass is 16.1. The summed E-state index contributed by atoms with van der Waals surface area (Å²) < 4.78 is 0. The molecular formula is C23H49N3O. The summed E-state index contributed by atoms with van der Waals surface area (Å²) in [5.41, 5.74) is 0. The molecule has 0 aliphatic heterocycles. The number of hydrogen-bond acceptors (Lipinski definition) is 3. The van der Waals surface area contributed by atoms with E-state index in [4.69, 9.17) is 0 Å². The number of carbonyl (C=O) groups is 1. The topological polar surface area (TPSA) is 35.6 Å². The number of nitrogens with zero attached hydrogens (tertiary/aromatic N) is 2. The maximum Gasteiger partial charge on any atom is 0.220 e. The Morgan fingerprint density at radius 1 is 0.815 bits per heavy atom. The van der Waals surface area contributed by atoms with Crippen LogP contribution in [0.4, 0.5) is 0 Å². The van der Waals surface area contributed by atoms with Gasteiger partial charge in [-0.1, -0.05) is 65.2 Å². The van der Waals surface area contributed by atoms with Gasteiger partial charge in [0.15, 0.2) is 0 Å². The third kappa shape index (κ3) is 19.9. The molecule has 1 N–H and O–H groups in total. The average molecular weight is 384 g/mol. The van der Waals surface area contributed by atoms with Crippen molar-refractivity contribution in [3.05, 3.63) is 0 Å². The second kappa shape index (κ2) is 18.7. The Kier molecular flexibility index (Phi) is 18.3. The lowest BCUT2D eigenvalue weighted by molar-refractivity contribution is -0.121. The Hall–Kier alpha value is -0.610. The minimum Gasteiger partial charge on any atom is -0.356 e. The van der Waals surface area contributed by atoms with Crippen molar-refractivity contribution in [3.63, 3.8) is 0 Å². The van der Waals surface area contributed by atoms with E-state index in [0.717, 1.165) is 26.1 Å². The van der Waals surface area contributed by atoms with Crippen LogP contribution in [-0.4, -0.2) is 63.0 Å². The van der Waals surface area contributed by atoms with Crippen LogP contribution in [0.5, 0.6) is 0 Å². The van der Waals surface area contributed by atoms with Gasteiger partial charge in [-0.05, 0) is 66.0 Å². The van der Waals surface area contributed by atoms with Crippen molar-refractivity contribution in [1.82, 2.24) is 15.1 Å². The van der Waals surface area contributed by atoms with Gasteiger partial charge in [0.05, 0.1) is 0 Å². The van der Waals surface area contributed by atoms with Gasteiger partial charge in [-0.2, -0.15) is 0 Å². The van der Waals surface area contributed by atoms with Crippen LogP contribution in [0.1, 0.15) is 90.9 Å². The molecule has 162 valence electrons. The van der Waals surface area contributed by atoms with Gasteiger partial charge >= 0.3 is 0 Å². The summed E-state index contributed by atoms with van der Waals surface area (Å²) in [7, 11) is 6.44. The van der Waals surface area contributed by atoms with Crippen molar-refractivity contribution in [1.29, 1.82) is 0 Å². The summed E-state index contributed by atoms with van der Waals surface area (Å²) in [6, 6.07) is 0. The van der Waals surface area contributed by atoms with Crippen molar-refractivity contribution >= 4 is 5.91 Å². The predicted molar refractivity (Wildman–Crippen MR) is 119 cm³/mol. The number of amides is 1. The van der Waals surface area contributed by atoms with Gasteiger partial charge in [-0.25, -0.2) is 0 Å². The zero-order valence-electron chi connectivity index (χ0n) is 19.2. The maximum absolute atomic E-state index is 12.1. The molecular weight excluding hydrogens is 334 g/mol. The molecule has 0 heterocycles. The molecule has 0 aromatic rings. The van der Waals surface area contributed by atoms with E-state index in [1.54, 1.807) is 0 Å². The van der Waals surface area contributed by atoms with E-state index < -0.39 is 0 Å². The zero-order chi connectivity index (χ0) is 20.3. The largest absolute Gasteiger partial charge is 0.356 e. The molecule has 0 bridgehead atoms. The van der Waals surface area contributed by atoms with Gasteiger partial charge in [0.25, 0.3) is 0 Å². The van der Waals surface area contributed by atoms with Gasteiger partial charge in [0, 0.05) is 13.0 Å². The van der Waals surface area contributed by atoms with E-state index >= 15 is 0 Å². The lowest BCUT2D eigenvalue weighted by Crippen LogP contribution is -2.29. The first-order valence-electron chi connectivity index (χ1n) is 11.6. The van der Waals surface area contributed by atoms with Crippen LogP contribution in [0.15, 0.2) is 0 Å². The highest BCUT2D eigenvalue weighted by Gasteiger charge is 2.08. The molecule has 0 unspecified atom stereocenters. The monoisotopic (exact) mass is 383 g/mol. The summed E-state index contributed by atoms with van der Waals surface area (Å²) in [6.45, 7) is 8.68. The van der Waals surface area contributed by atoms with Crippen LogP contribution in [0, 0.1) is 5.92 Å². The zero-order valence-corrected chi connectivity index (χ0v) is 19.2. The minimum absolute atomic E-state index is 0.235. The van der Waals surface area contributed by atoms with Crippen molar-refractivity contribution in [2.45, 2.75) is 90.9 Å². The summed E-state index contributed by atoms with van der Waals surface area (Å²) in [6.07, 6.45) is 14.9. The fourth-order valence-electron chi connectivity index (χ4n) is 3.44. The molecule has 0 radical (unpaired) electrons. The molecule has 0 spiro atoms. The van der Waals surface area contributed by atoms with Crippen molar-refractivity contribution in [2.24, 2.45) is 5.92 Å². The Labute approximate surface area is 170 Å². The molecule has 1 amide bonds. The number of rotatable bonds is 19. The highest BCUT2D eigenvalue weighted by molar-refractivity contribution is 5.76. The van der Waals surface area contributed by atoms with Crippen molar-refractivity contribution < 1.29 is 4.79 Å². The minimum atomic E-state index is 0.235.